The molecule has 0 fully saturated rings. The Bertz CT molecular complexity index is 1220. The molecule has 4 aromatic rings. The van der Waals surface area contributed by atoms with Crippen molar-refractivity contribution in [1.82, 2.24) is 4.98 Å². The van der Waals surface area contributed by atoms with Gasteiger partial charge in [-0.15, -0.1) is 0 Å². The van der Waals surface area contributed by atoms with E-state index in [4.69, 9.17) is 11.6 Å². The molecule has 1 atom stereocenters. The smallest absolute Gasteiger partial charge is 0.134 e. The molecular formula is C24H19ClN2O. The Hall–Kier alpha value is -3.22. The summed E-state index contributed by atoms with van der Waals surface area (Å²) in [5.41, 5.74) is 4.66. The molecule has 4 heteroatoms. The van der Waals surface area contributed by atoms with E-state index < -0.39 is 5.41 Å². The van der Waals surface area contributed by atoms with Crippen LogP contribution in [0.5, 0.6) is 5.75 Å². The van der Waals surface area contributed by atoms with E-state index >= 15 is 0 Å². The number of rotatable bonds is 3. The standard InChI is InChI=1S/C24H19ClN2O/c1-15-16(2)27-22-13-19(8-10-20(15)22)24(14-26,17-6-4-3-5-7-17)18-9-11-23(28)21(25)12-18/h3-13,27-28H,1-2H3. The first kappa shape index (κ1) is 18.2. The van der Waals surface area contributed by atoms with Crippen LogP contribution in [0, 0.1) is 25.2 Å². The van der Waals surface area contributed by atoms with Crippen LogP contribution >= 0.6 is 11.6 Å². The fourth-order valence-corrected chi connectivity index (χ4v) is 4.01. The zero-order valence-electron chi connectivity index (χ0n) is 15.6. The van der Waals surface area contributed by atoms with Crippen molar-refractivity contribution < 1.29 is 5.11 Å². The highest BCUT2D eigenvalue weighted by molar-refractivity contribution is 6.32. The molecular weight excluding hydrogens is 368 g/mol. The summed E-state index contributed by atoms with van der Waals surface area (Å²) in [6, 6.07) is 23.3. The van der Waals surface area contributed by atoms with Gasteiger partial charge in [0, 0.05) is 16.6 Å². The highest BCUT2D eigenvalue weighted by Crippen LogP contribution is 2.42. The van der Waals surface area contributed by atoms with E-state index in [2.05, 4.69) is 24.0 Å². The lowest BCUT2D eigenvalue weighted by atomic mass is 9.70. The molecule has 1 unspecified atom stereocenters. The Balaban J connectivity index is 2.06. The van der Waals surface area contributed by atoms with Gasteiger partial charge in [0.2, 0.25) is 0 Å². The van der Waals surface area contributed by atoms with Gasteiger partial charge >= 0.3 is 0 Å². The van der Waals surface area contributed by atoms with Gasteiger partial charge in [0.1, 0.15) is 11.2 Å². The van der Waals surface area contributed by atoms with E-state index in [0.29, 0.717) is 5.56 Å². The molecule has 0 aliphatic rings. The van der Waals surface area contributed by atoms with Crippen LogP contribution in [0.3, 0.4) is 0 Å². The topological polar surface area (TPSA) is 59.8 Å². The first-order valence-corrected chi connectivity index (χ1v) is 9.40. The van der Waals surface area contributed by atoms with Crippen LogP contribution in [0.25, 0.3) is 10.9 Å². The lowest BCUT2D eigenvalue weighted by Gasteiger charge is -2.29. The van der Waals surface area contributed by atoms with Crippen LogP contribution in [0.4, 0.5) is 0 Å². The van der Waals surface area contributed by atoms with Gasteiger partial charge in [-0.3, -0.25) is 0 Å². The number of hydrogen-bond acceptors (Lipinski definition) is 2. The molecule has 0 radical (unpaired) electrons. The second-order valence-corrected chi connectivity index (χ2v) is 7.44. The predicted molar refractivity (Wildman–Crippen MR) is 113 cm³/mol. The van der Waals surface area contributed by atoms with Crippen LogP contribution in [-0.4, -0.2) is 10.1 Å². The fraction of sp³-hybridized carbons (Fsp3) is 0.125. The number of fused-ring (bicyclic) bond motifs is 1. The van der Waals surface area contributed by atoms with Crippen LogP contribution < -0.4 is 0 Å². The number of aromatic amines is 1. The molecule has 0 saturated carbocycles. The van der Waals surface area contributed by atoms with Crippen LogP contribution in [0.15, 0.2) is 66.7 Å². The van der Waals surface area contributed by atoms with Crippen LogP contribution in [0.2, 0.25) is 5.02 Å². The zero-order chi connectivity index (χ0) is 19.9. The molecule has 0 saturated heterocycles. The number of phenols is 1. The second-order valence-electron chi connectivity index (χ2n) is 7.03. The summed E-state index contributed by atoms with van der Waals surface area (Å²) in [5, 5.41) is 21.7. The Labute approximate surface area is 168 Å². The lowest BCUT2D eigenvalue weighted by molar-refractivity contribution is 0.475. The molecule has 138 valence electrons. The van der Waals surface area contributed by atoms with Gasteiger partial charge in [0.15, 0.2) is 0 Å². The number of aromatic nitrogens is 1. The third-order valence-corrected chi connectivity index (χ3v) is 5.80. The molecule has 28 heavy (non-hydrogen) atoms. The molecule has 3 nitrogen and oxygen atoms in total. The first-order valence-electron chi connectivity index (χ1n) is 9.02. The SMILES string of the molecule is Cc1[nH]c2cc(C(C#N)(c3ccccc3)c3ccc(O)c(Cl)c3)ccc2c1C. The van der Waals surface area contributed by atoms with Gasteiger partial charge in [0.25, 0.3) is 0 Å². The minimum Gasteiger partial charge on any atom is -0.506 e. The van der Waals surface area contributed by atoms with Crippen molar-refractivity contribution in [2.45, 2.75) is 19.3 Å². The molecule has 0 aliphatic carbocycles. The number of aryl methyl sites for hydroxylation is 2. The molecule has 0 spiro atoms. The van der Waals surface area contributed by atoms with Crippen molar-refractivity contribution in [2.75, 3.05) is 0 Å². The van der Waals surface area contributed by atoms with Gasteiger partial charge < -0.3 is 10.1 Å². The normalized spacial score (nSPS) is 13.2. The van der Waals surface area contributed by atoms with Gasteiger partial charge in [-0.05, 0) is 54.3 Å². The quantitative estimate of drug-likeness (QED) is 0.424. The van der Waals surface area contributed by atoms with Gasteiger partial charge in [0.05, 0.1) is 11.1 Å². The minimum absolute atomic E-state index is 0.00334. The minimum atomic E-state index is -1.06. The average Bonchev–Trinajstić information content (AvgIpc) is 3.00. The largest absolute Gasteiger partial charge is 0.506 e. The number of hydrogen-bond donors (Lipinski definition) is 2. The number of halogens is 1. The lowest BCUT2D eigenvalue weighted by Crippen LogP contribution is -2.27. The molecule has 0 amide bonds. The molecule has 0 aliphatic heterocycles. The van der Waals surface area contributed by atoms with E-state index in [-0.39, 0.29) is 10.8 Å². The number of phenolic OH excluding ortho intramolecular Hbond substituents is 1. The van der Waals surface area contributed by atoms with Crippen molar-refractivity contribution in [1.29, 1.82) is 5.26 Å². The van der Waals surface area contributed by atoms with Crippen molar-refractivity contribution in [2.24, 2.45) is 0 Å². The van der Waals surface area contributed by atoms with Crippen molar-refractivity contribution >= 4 is 22.5 Å². The third-order valence-electron chi connectivity index (χ3n) is 5.50. The third kappa shape index (κ3) is 2.66. The number of nitrogens with one attached hydrogen (secondary N) is 1. The predicted octanol–water partition coefficient (Wildman–Crippen LogP) is 6.00. The molecule has 1 heterocycles. The zero-order valence-corrected chi connectivity index (χ0v) is 16.4. The van der Waals surface area contributed by atoms with Crippen LogP contribution in [-0.2, 0) is 5.41 Å². The number of H-pyrrole nitrogens is 1. The Morgan fingerprint density at radius 3 is 2.29 bits per heavy atom. The highest BCUT2D eigenvalue weighted by atomic mass is 35.5. The fourth-order valence-electron chi connectivity index (χ4n) is 3.83. The van der Waals surface area contributed by atoms with Gasteiger partial charge in [-0.1, -0.05) is 60.1 Å². The summed E-state index contributed by atoms with van der Waals surface area (Å²) in [5.74, 6) is -0.00334. The van der Waals surface area contributed by atoms with Gasteiger partial charge in [-0.2, -0.15) is 5.26 Å². The molecule has 3 aromatic carbocycles. The maximum Gasteiger partial charge on any atom is 0.134 e. The molecule has 1 aromatic heterocycles. The van der Waals surface area contributed by atoms with E-state index in [9.17, 15) is 10.4 Å². The molecule has 2 N–H and O–H groups in total. The molecule has 0 bridgehead atoms. The summed E-state index contributed by atoms with van der Waals surface area (Å²) in [4.78, 5) is 3.41. The molecule has 4 rings (SSSR count). The Morgan fingerprint density at radius 1 is 0.929 bits per heavy atom. The summed E-state index contributed by atoms with van der Waals surface area (Å²) >= 11 is 6.21. The Kier molecular flexibility index (Phi) is 4.37. The van der Waals surface area contributed by atoms with E-state index in [1.54, 1.807) is 12.1 Å². The number of nitrogens with zero attached hydrogens (tertiary/aromatic N) is 1. The van der Waals surface area contributed by atoms with E-state index in [1.165, 1.54) is 11.6 Å². The summed E-state index contributed by atoms with van der Waals surface area (Å²) in [7, 11) is 0. The summed E-state index contributed by atoms with van der Waals surface area (Å²) in [6.45, 7) is 4.13. The van der Waals surface area contributed by atoms with E-state index in [1.807, 2.05) is 49.4 Å². The monoisotopic (exact) mass is 386 g/mol. The van der Waals surface area contributed by atoms with Crippen molar-refractivity contribution in [3.05, 3.63) is 99.7 Å². The first-order chi connectivity index (χ1) is 13.5. The van der Waals surface area contributed by atoms with Crippen molar-refractivity contribution in [3.63, 3.8) is 0 Å². The maximum absolute atomic E-state index is 10.5. The number of benzene rings is 3. The van der Waals surface area contributed by atoms with Crippen molar-refractivity contribution in [3.8, 4) is 11.8 Å². The van der Waals surface area contributed by atoms with Gasteiger partial charge in [-0.25, -0.2) is 0 Å². The number of aromatic hydroxyl groups is 1. The average molecular weight is 387 g/mol. The summed E-state index contributed by atoms with van der Waals surface area (Å²) < 4.78 is 0. The highest BCUT2D eigenvalue weighted by Gasteiger charge is 2.37. The second kappa shape index (κ2) is 6.74. The summed E-state index contributed by atoms with van der Waals surface area (Å²) in [6.07, 6.45) is 0. The Morgan fingerprint density at radius 2 is 1.61 bits per heavy atom. The maximum atomic E-state index is 10.5. The number of nitriles is 1. The van der Waals surface area contributed by atoms with E-state index in [0.717, 1.165) is 27.7 Å². The van der Waals surface area contributed by atoms with Crippen LogP contribution in [0.1, 0.15) is 27.9 Å².